The van der Waals surface area contributed by atoms with Crippen molar-refractivity contribution in [3.63, 3.8) is 0 Å². The minimum absolute atomic E-state index is 0.345. The van der Waals surface area contributed by atoms with Crippen LogP contribution in [0.2, 0.25) is 0 Å². The van der Waals surface area contributed by atoms with Gasteiger partial charge in [0, 0.05) is 38.9 Å². The first-order chi connectivity index (χ1) is 11.8. The maximum Gasteiger partial charge on any atom is 0.128 e. The number of aliphatic hydroxyl groups is 1. The van der Waals surface area contributed by atoms with E-state index in [0.717, 1.165) is 50.7 Å². The highest BCUT2D eigenvalue weighted by Crippen LogP contribution is 2.13. The normalized spacial score (nSPS) is 16.8. The monoisotopic (exact) mass is 327 g/mol. The van der Waals surface area contributed by atoms with E-state index in [4.69, 9.17) is 4.74 Å². The van der Waals surface area contributed by atoms with Crippen molar-refractivity contribution in [3.05, 3.63) is 54.7 Å². The van der Waals surface area contributed by atoms with Crippen molar-refractivity contribution < 1.29 is 9.84 Å². The van der Waals surface area contributed by atoms with E-state index in [1.165, 1.54) is 0 Å². The summed E-state index contributed by atoms with van der Waals surface area (Å²) in [5.41, 5.74) is 0. The maximum absolute atomic E-state index is 10.1. The van der Waals surface area contributed by atoms with Gasteiger partial charge in [-0.25, -0.2) is 4.98 Å². The molecule has 1 aromatic carbocycles. The molecule has 0 aliphatic carbocycles. The number of piperazine rings is 1. The Hall–Kier alpha value is -2.11. The van der Waals surface area contributed by atoms with E-state index in [1.54, 1.807) is 0 Å². The lowest BCUT2D eigenvalue weighted by Crippen LogP contribution is -2.47. The fraction of sp³-hybridized carbons (Fsp3) is 0.421. The second-order valence-corrected chi connectivity index (χ2v) is 6.08. The largest absolute Gasteiger partial charge is 0.491 e. The highest BCUT2D eigenvalue weighted by atomic mass is 16.5. The predicted molar refractivity (Wildman–Crippen MR) is 95.5 cm³/mol. The van der Waals surface area contributed by atoms with Crippen LogP contribution in [-0.4, -0.2) is 60.4 Å². The molecular weight excluding hydrogens is 302 g/mol. The summed E-state index contributed by atoms with van der Waals surface area (Å²) in [4.78, 5) is 9.11. The Balaban J connectivity index is 1.34. The summed E-state index contributed by atoms with van der Waals surface area (Å²) in [5, 5.41) is 10.1. The zero-order valence-electron chi connectivity index (χ0n) is 13.9. The molecule has 5 heteroatoms. The van der Waals surface area contributed by atoms with Crippen molar-refractivity contribution in [3.8, 4) is 5.75 Å². The van der Waals surface area contributed by atoms with Gasteiger partial charge in [-0.1, -0.05) is 24.3 Å². The van der Waals surface area contributed by atoms with Crippen molar-refractivity contribution in [2.45, 2.75) is 12.5 Å². The molecule has 2 aromatic rings. The molecule has 128 valence electrons. The first kappa shape index (κ1) is 16.7. The van der Waals surface area contributed by atoms with Gasteiger partial charge in [0.1, 0.15) is 18.2 Å². The molecule has 5 nitrogen and oxygen atoms in total. The molecule has 1 N–H and O–H groups in total. The van der Waals surface area contributed by atoms with Gasteiger partial charge in [-0.05, 0) is 30.7 Å². The van der Waals surface area contributed by atoms with Crippen LogP contribution in [0.3, 0.4) is 0 Å². The Morgan fingerprint density at radius 2 is 1.75 bits per heavy atom. The van der Waals surface area contributed by atoms with Gasteiger partial charge in [-0.2, -0.15) is 0 Å². The molecule has 1 fully saturated rings. The first-order valence-electron chi connectivity index (χ1n) is 8.55. The molecule has 1 aliphatic heterocycles. The van der Waals surface area contributed by atoms with Crippen LogP contribution in [-0.2, 0) is 0 Å². The van der Waals surface area contributed by atoms with E-state index >= 15 is 0 Å². The van der Waals surface area contributed by atoms with Crippen LogP contribution in [0.15, 0.2) is 54.7 Å². The topological polar surface area (TPSA) is 48.8 Å². The molecule has 1 atom stereocenters. The van der Waals surface area contributed by atoms with Gasteiger partial charge in [0.05, 0.1) is 6.10 Å². The number of hydrogen-bond donors (Lipinski definition) is 1. The van der Waals surface area contributed by atoms with Gasteiger partial charge in [-0.3, -0.25) is 4.90 Å². The van der Waals surface area contributed by atoms with Crippen LogP contribution >= 0.6 is 0 Å². The molecule has 2 heterocycles. The average Bonchev–Trinajstić information content (AvgIpc) is 2.67. The van der Waals surface area contributed by atoms with Crippen LogP contribution in [0.1, 0.15) is 6.42 Å². The lowest BCUT2D eigenvalue weighted by molar-refractivity contribution is 0.0866. The van der Waals surface area contributed by atoms with Crippen LogP contribution in [0.4, 0.5) is 5.82 Å². The minimum atomic E-state index is -0.431. The molecular formula is C19H25N3O2. The van der Waals surface area contributed by atoms with E-state index in [0.29, 0.717) is 6.61 Å². The Labute approximate surface area is 143 Å². The average molecular weight is 327 g/mol. The summed E-state index contributed by atoms with van der Waals surface area (Å²) in [7, 11) is 0. The van der Waals surface area contributed by atoms with Crippen molar-refractivity contribution in [1.29, 1.82) is 0 Å². The molecule has 0 spiro atoms. The number of para-hydroxylation sites is 1. The minimum Gasteiger partial charge on any atom is -0.491 e. The number of rotatable bonds is 7. The third-order valence-corrected chi connectivity index (χ3v) is 4.31. The third-order valence-electron chi connectivity index (χ3n) is 4.31. The summed E-state index contributed by atoms with van der Waals surface area (Å²) >= 11 is 0. The van der Waals surface area contributed by atoms with Crippen molar-refractivity contribution in [2.75, 3.05) is 44.2 Å². The SMILES string of the molecule is OC(CCN1CCN(c2ccccn2)CC1)COc1ccccc1. The lowest BCUT2D eigenvalue weighted by atomic mass is 10.2. The van der Waals surface area contributed by atoms with E-state index in [1.807, 2.05) is 48.7 Å². The van der Waals surface area contributed by atoms with Gasteiger partial charge < -0.3 is 14.7 Å². The van der Waals surface area contributed by atoms with E-state index in [9.17, 15) is 5.11 Å². The van der Waals surface area contributed by atoms with Crippen molar-refractivity contribution in [2.24, 2.45) is 0 Å². The Morgan fingerprint density at radius 3 is 2.46 bits per heavy atom. The lowest BCUT2D eigenvalue weighted by Gasteiger charge is -2.35. The molecule has 3 rings (SSSR count). The summed E-state index contributed by atoms with van der Waals surface area (Å²) in [6, 6.07) is 15.7. The van der Waals surface area contributed by atoms with Crippen LogP contribution in [0, 0.1) is 0 Å². The number of hydrogen-bond acceptors (Lipinski definition) is 5. The van der Waals surface area contributed by atoms with Crippen LogP contribution in [0.25, 0.3) is 0 Å². The van der Waals surface area contributed by atoms with E-state index in [-0.39, 0.29) is 0 Å². The van der Waals surface area contributed by atoms with Gasteiger partial charge in [-0.15, -0.1) is 0 Å². The molecule has 24 heavy (non-hydrogen) atoms. The number of benzene rings is 1. The molecule has 0 amide bonds. The Bertz CT molecular complexity index is 586. The molecule has 1 aliphatic rings. The number of aromatic nitrogens is 1. The summed E-state index contributed by atoms with van der Waals surface area (Å²) in [6.07, 6.45) is 2.14. The highest BCUT2D eigenvalue weighted by molar-refractivity contribution is 5.38. The van der Waals surface area contributed by atoms with E-state index < -0.39 is 6.10 Å². The zero-order chi connectivity index (χ0) is 16.6. The molecule has 1 aromatic heterocycles. The molecule has 0 saturated carbocycles. The molecule has 1 unspecified atom stereocenters. The standard InChI is InChI=1S/C19H25N3O2/c23-17(16-24-18-6-2-1-3-7-18)9-11-21-12-14-22(15-13-21)19-8-4-5-10-20-19/h1-8,10,17,23H,9,11-16H2. The van der Waals surface area contributed by atoms with Gasteiger partial charge in [0.2, 0.25) is 0 Å². The first-order valence-corrected chi connectivity index (χ1v) is 8.55. The fourth-order valence-electron chi connectivity index (χ4n) is 2.87. The second-order valence-electron chi connectivity index (χ2n) is 6.08. The highest BCUT2D eigenvalue weighted by Gasteiger charge is 2.18. The number of aliphatic hydroxyl groups excluding tert-OH is 1. The van der Waals surface area contributed by atoms with Crippen molar-refractivity contribution >= 4 is 5.82 Å². The Morgan fingerprint density at radius 1 is 1.00 bits per heavy atom. The maximum atomic E-state index is 10.1. The summed E-state index contributed by atoms with van der Waals surface area (Å²) in [6.45, 7) is 5.21. The summed E-state index contributed by atoms with van der Waals surface area (Å²) in [5.74, 6) is 1.86. The Kier molecular flexibility index (Phi) is 6.04. The quantitative estimate of drug-likeness (QED) is 0.843. The van der Waals surface area contributed by atoms with Gasteiger partial charge in [0.25, 0.3) is 0 Å². The number of ether oxygens (including phenoxy) is 1. The number of nitrogens with zero attached hydrogens (tertiary/aromatic N) is 3. The molecule has 0 radical (unpaired) electrons. The molecule has 1 saturated heterocycles. The van der Waals surface area contributed by atoms with Gasteiger partial charge in [0.15, 0.2) is 0 Å². The zero-order valence-corrected chi connectivity index (χ0v) is 13.9. The predicted octanol–water partition coefficient (Wildman–Crippen LogP) is 2.03. The number of pyridine rings is 1. The smallest absolute Gasteiger partial charge is 0.128 e. The van der Waals surface area contributed by atoms with E-state index in [2.05, 4.69) is 20.9 Å². The fourth-order valence-corrected chi connectivity index (χ4v) is 2.87. The number of anilines is 1. The third kappa shape index (κ3) is 4.94. The second kappa shape index (κ2) is 8.66. The van der Waals surface area contributed by atoms with Gasteiger partial charge >= 0.3 is 0 Å². The van der Waals surface area contributed by atoms with Crippen LogP contribution in [0.5, 0.6) is 5.75 Å². The van der Waals surface area contributed by atoms with Crippen molar-refractivity contribution in [1.82, 2.24) is 9.88 Å². The summed E-state index contributed by atoms with van der Waals surface area (Å²) < 4.78 is 5.60. The molecule has 0 bridgehead atoms. The van der Waals surface area contributed by atoms with Crippen LogP contribution < -0.4 is 9.64 Å².